The lowest BCUT2D eigenvalue weighted by molar-refractivity contribution is 0.879. The molecule has 0 fully saturated rings. The normalized spacial score (nSPS) is 11.4. The Morgan fingerprint density at radius 1 is 1.07 bits per heavy atom. The number of H-pyrrole nitrogens is 1. The molecule has 0 saturated heterocycles. The molecule has 3 aromatic heterocycles. The van der Waals surface area contributed by atoms with Crippen molar-refractivity contribution in [1.82, 2.24) is 24.7 Å². The lowest BCUT2D eigenvalue weighted by atomic mass is 10.1. The number of hydrogen-bond acceptors (Lipinski definition) is 5. The van der Waals surface area contributed by atoms with Gasteiger partial charge in [0.05, 0.1) is 16.4 Å². The number of fused-ring (bicyclic) bond motifs is 1. The first-order chi connectivity index (χ1) is 14.7. The third-order valence-electron chi connectivity index (χ3n) is 5.07. The first kappa shape index (κ1) is 19.1. The summed E-state index contributed by atoms with van der Waals surface area (Å²) < 4.78 is 2.17. The van der Waals surface area contributed by atoms with E-state index in [1.165, 1.54) is 10.6 Å². The van der Waals surface area contributed by atoms with E-state index in [1.807, 2.05) is 12.3 Å². The van der Waals surface area contributed by atoms with Crippen LogP contribution >= 0.6 is 23.1 Å². The molecule has 0 unspecified atom stereocenters. The minimum Gasteiger partial charge on any atom is -0.360 e. The van der Waals surface area contributed by atoms with Gasteiger partial charge in [-0.1, -0.05) is 55.1 Å². The molecule has 2 aromatic carbocycles. The topological polar surface area (TPSA) is 59.4 Å². The van der Waals surface area contributed by atoms with Crippen LogP contribution in [0.5, 0.6) is 0 Å². The molecule has 0 aliphatic rings. The van der Waals surface area contributed by atoms with Gasteiger partial charge in [-0.25, -0.2) is 4.98 Å². The van der Waals surface area contributed by atoms with Gasteiger partial charge in [0.1, 0.15) is 0 Å². The Balaban J connectivity index is 1.60. The predicted molar refractivity (Wildman–Crippen MR) is 124 cm³/mol. The van der Waals surface area contributed by atoms with Gasteiger partial charge in [-0.15, -0.1) is 21.5 Å². The lowest BCUT2D eigenvalue weighted by Crippen LogP contribution is -2.01. The molecule has 30 heavy (non-hydrogen) atoms. The van der Waals surface area contributed by atoms with Crippen molar-refractivity contribution in [3.05, 3.63) is 76.4 Å². The number of rotatable bonds is 6. The van der Waals surface area contributed by atoms with E-state index < -0.39 is 0 Å². The highest BCUT2D eigenvalue weighted by molar-refractivity contribution is 7.98. The number of aryl methyl sites for hydroxylation is 2. The number of hydrogen-bond donors (Lipinski definition) is 1. The first-order valence-corrected chi connectivity index (χ1v) is 11.7. The average molecular weight is 432 g/mol. The highest BCUT2D eigenvalue weighted by atomic mass is 32.2. The fourth-order valence-electron chi connectivity index (χ4n) is 3.54. The van der Waals surface area contributed by atoms with Crippen molar-refractivity contribution in [3.63, 3.8) is 0 Å². The van der Waals surface area contributed by atoms with E-state index in [0.29, 0.717) is 0 Å². The van der Waals surface area contributed by atoms with Crippen molar-refractivity contribution in [2.75, 3.05) is 0 Å². The van der Waals surface area contributed by atoms with Crippen molar-refractivity contribution in [3.8, 4) is 17.1 Å². The van der Waals surface area contributed by atoms with Crippen molar-refractivity contribution in [1.29, 1.82) is 0 Å². The van der Waals surface area contributed by atoms with Gasteiger partial charge in [-0.3, -0.25) is 4.57 Å². The smallest absolute Gasteiger partial charge is 0.196 e. The highest BCUT2D eigenvalue weighted by Gasteiger charge is 2.20. The number of nitrogens with zero attached hydrogens (tertiary/aromatic N) is 4. The zero-order chi connectivity index (χ0) is 20.5. The quantitative estimate of drug-likeness (QED) is 0.333. The van der Waals surface area contributed by atoms with Gasteiger partial charge in [0.15, 0.2) is 11.0 Å². The van der Waals surface area contributed by atoms with E-state index in [4.69, 9.17) is 4.98 Å². The fourth-order valence-corrected chi connectivity index (χ4v) is 5.23. The molecular weight excluding hydrogens is 410 g/mol. The van der Waals surface area contributed by atoms with Crippen LogP contribution in [0.2, 0.25) is 0 Å². The molecule has 5 rings (SSSR count). The van der Waals surface area contributed by atoms with Gasteiger partial charge in [-0.2, -0.15) is 0 Å². The van der Waals surface area contributed by atoms with Gasteiger partial charge in [0.25, 0.3) is 0 Å². The third kappa shape index (κ3) is 3.44. The number of thioether (sulfide) groups is 1. The second-order valence-electron chi connectivity index (χ2n) is 7.05. The Hall–Kier alpha value is -2.90. The average Bonchev–Trinajstić information content (AvgIpc) is 3.50. The summed E-state index contributed by atoms with van der Waals surface area (Å²) in [4.78, 5) is 8.06. The van der Waals surface area contributed by atoms with Gasteiger partial charge in [0, 0.05) is 33.8 Å². The molecule has 0 spiro atoms. The first-order valence-electron chi connectivity index (χ1n) is 9.88. The summed E-state index contributed by atoms with van der Waals surface area (Å²) in [5.74, 6) is 1.62. The Morgan fingerprint density at radius 2 is 1.90 bits per heavy atom. The molecule has 0 aliphatic heterocycles. The molecule has 1 N–H and O–H groups in total. The van der Waals surface area contributed by atoms with Gasteiger partial charge in [0.2, 0.25) is 0 Å². The molecule has 0 atom stereocenters. The van der Waals surface area contributed by atoms with E-state index >= 15 is 0 Å². The van der Waals surface area contributed by atoms with E-state index in [9.17, 15) is 0 Å². The molecule has 0 radical (unpaired) electrons. The second kappa shape index (κ2) is 8.08. The van der Waals surface area contributed by atoms with Crippen LogP contribution in [-0.4, -0.2) is 24.7 Å². The van der Waals surface area contributed by atoms with Crippen molar-refractivity contribution < 1.29 is 0 Å². The van der Waals surface area contributed by atoms with E-state index in [-0.39, 0.29) is 0 Å². The zero-order valence-electron chi connectivity index (χ0n) is 16.8. The predicted octanol–water partition coefficient (Wildman–Crippen LogP) is 6.04. The summed E-state index contributed by atoms with van der Waals surface area (Å²) in [7, 11) is 0. The van der Waals surface area contributed by atoms with Crippen LogP contribution in [0.15, 0.2) is 65.3 Å². The van der Waals surface area contributed by atoms with Crippen LogP contribution in [-0.2, 0) is 12.2 Å². The van der Waals surface area contributed by atoms with Gasteiger partial charge in [-0.05, 0) is 31.0 Å². The van der Waals surface area contributed by atoms with Gasteiger partial charge >= 0.3 is 0 Å². The highest BCUT2D eigenvalue weighted by Crippen LogP contribution is 2.34. The molecule has 3 heterocycles. The van der Waals surface area contributed by atoms with Crippen LogP contribution in [0.1, 0.15) is 23.2 Å². The summed E-state index contributed by atoms with van der Waals surface area (Å²) in [5.41, 5.74) is 5.51. The van der Waals surface area contributed by atoms with Crippen LogP contribution in [0.3, 0.4) is 0 Å². The number of para-hydroxylation sites is 2. The minimum absolute atomic E-state index is 0.772. The summed E-state index contributed by atoms with van der Waals surface area (Å²) in [5, 5.41) is 14.5. The Kier molecular flexibility index (Phi) is 5.14. The number of benzene rings is 2. The Morgan fingerprint density at radius 3 is 2.73 bits per heavy atom. The van der Waals surface area contributed by atoms with Crippen molar-refractivity contribution in [2.24, 2.45) is 0 Å². The number of aromatic nitrogens is 5. The monoisotopic (exact) mass is 431 g/mol. The Bertz CT molecular complexity index is 1310. The molecule has 5 aromatic rings. The second-order valence-corrected chi connectivity index (χ2v) is 8.94. The number of thiazole rings is 1. The molecule has 5 nitrogen and oxygen atoms in total. The van der Waals surface area contributed by atoms with Crippen molar-refractivity contribution >= 4 is 34.0 Å². The molecule has 0 saturated carbocycles. The maximum Gasteiger partial charge on any atom is 0.196 e. The number of aromatic amines is 1. The maximum atomic E-state index is 4.70. The molecule has 7 heteroatoms. The van der Waals surface area contributed by atoms with E-state index in [0.717, 1.165) is 51.0 Å². The maximum absolute atomic E-state index is 4.70. The summed E-state index contributed by atoms with van der Waals surface area (Å²) in [6.07, 6.45) is 2.99. The van der Waals surface area contributed by atoms with Crippen LogP contribution in [0, 0.1) is 6.92 Å². The fraction of sp³-hybridized carbons (Fsp3) is 0.174. The standard InChI is InChI=1S/C23H21N5S2/c1-3-21-25-16(13-29-21)14-30-23-27-26-22(28(23)20-11-7-4-8-15(20)2)18-12-24-19-10-6-5-9-17(18)19/h4-13,24H,3,14H2,1-2H3. The summed E-state index contributed by atoms with van der Waals surface area (Å²) >= 11 is 3.40. The van der Waals surface area contributed by atoms with Crippen LogP contribution in [0.4, 0.5) is 0 Å². The number of nitrogens with one attached hydrogen (secondary N) is 1. The van der Waals surface area contributed by atoms with Crippen LogP contribution in [0.25, 0.3) is 28.0 Å². The third-order valence-corrected chi connectivity index (χ3v) is 7.08. The molecule has 0 amide bonds. The minimum atomic E-state index is 0.772. The van der Waals surface area contributed by atoms with Crippen LogP contribution < -0.4 is 0 Å². The molecule has 0 bridgehead atoms. The molecular formula is C23H21N5S2. The summed E-state index contributed by atoms with van der Waals surface area (Å²) in [6, 6.07) is 16.7. The van der Waals surface area contributed by atoms with Crippen molar-refractivity contribution in [2.45, 2.75) is 31.2 Å². The molecule has 150 valence electrons. The lowest BCUT2D eigenvalue weighted by Gasteiger charge is -2.12. The Labute approximate surface area is 183 Å². The SMILES string of the molecule is CCc1nc(CSc2nnc(-c3c[nH]c4ccccc34)n2-c2ccccc2C)cs1. The van der Waals surface area contributed by atoms with E-state index in [2.05, 4.69) is 81.4 Å². The largest absolute Gasteiger partial charge is 0.360 e. The zero-order valence-corrected chi connectivity index (χ0v) is 18.4. The molecule has 0 aliphatic carbocycles. The van der Waals surface area contributed by atoms with Gasteiger partial charge < -0.3 is 4.98 Å². The van der Waals surface area contributed by atoms with E-state index in [1.54, 1.807) is 23.1 Å². The summed E-state index contributed by atoms with van der Waals surface area (Å²) in [6.45, 7) is 4.26.